The lowest BCUT2D eigenvalue weighted by Gasteiger charge is -2.16. The minimum atomic E-state index is -3.46. The molecule has 29 heavy (non-hydrogen) atoms. The predicted octanol–water partition coefficient (Wildman–Crippen LogP) is 2.18. The van der Waals surface area contributed by atoms with E-state index in [1.807, 2.05) is 19.9 Å². The molecule has 0 aliphatic heterocycles. The highest BCUT2D eigenvalue weighted by atomic mass is 35.5. The van der Waals surface area contributed by atoms with Crippen LogP contribution in [-0.2, 0) is 19.6 Å². The van der Waals surface area contributed by atoms with Crippen LogP contribution >= 0.6 is 11.6 Å². The summed E-state index contributed by atoms with van der Waals surface area (Å²) in [6, 6.07) is 5.95. The second kappa shape index (κ2) is 8.93. The smallest absolute Gasteiger partial charge is 0.248 e. The number of carbonyl (C=O) groups excluding carboxylic acids is 2. The van der Waals surface area contributed by atoms with Crippen molar-refractivity contribution in [3.8, 4) is 0 Å². The first-order chi connectivity index (χ1) is 13.4. The monoisotopic (exact) mass is 441 g/mol. The van der Waals surface area contributed by atoms with Crippen molar-refractivity contribution in [2.45, 2.75) is 26.8 Å². The maximum absolute atomic E-state index is 12.5. The van der Waals surface area contributed by atoms with Gasteiger partial charge in [-0.05, 0) is 45.0 Å². The normalized spacial score (nSPS) is 12.7. The second-order valence-corrected chi connectivity index (χ2v) is 9.30. The number of likely N-dealkylation sites (N-methyl/N-ethyl adjacent to an activating group) is 1. The van der Waals surface area contributed by atoms with E-state index in [0.29, 0.717) is 11.4 Å². The maximum Gasteiger partial charge on any atom is 0.248 e. The van der Waals surface area contributed by atoms with Gasteiger partial charge < -0.3 is 10.6 Å². The number of aromatic nitrogens is 2. The molecule has 0 aliphatic rings. The van der Waals surface area contributed by atoms with Gasteiger partial charge in [-0.2, -0.15) is 9.40 Å². The molecule has 11 heteroatoms. The van der Waals surface area contributed by atoms with Crippen molar-refractivity contribution < 1.29 is 18.0 Å². The molecule has 1 aromatic heterocycles. The third-order valence-electron chi connectivity index (χ3n) is 4.23. The molecule has 0 spiro atoms. The molecular formula is C18H24ClN5O4S. The number of rotatable bonds is 7. The summed E-state index contributed by atoms with van der Waals surface area (Å²) in [5.41, 5.74) is 2.46. The summed E-state index contributed by atoms with van der Waals surface area (Å²) in [5.74, 6) is -0.798. The van der Waals surface area contributed by atoms with Gasteiger partial charge >= 0.3 is 0 Å². The van der Waals surface area contributed by atoms with Crippen LogP contribution in [0.2, 0.25) is 5.02 Å². The average Bonchev–Trinajstić information content (AvgIpc) is 2.93. The Morgan fingerprint density at radius 1 is 1.24 bits per heavy atom. The minimum absolute atomic E-state index is 0.230. The van der Waals surface area contributed by atoms with Crippen LogP contribution in [0.4, 0.5) is 11.4 Å². The Kier molecular flexibility index (Phi) is 7.04. The van der Waals surface area contributed by atoms with Gasteiger partial charge in [0, 0.05) is 18.4 Å². The summed E-state index contributed by atoms with van der Waals surface area (Å²) in [6.07, 6.45) is 1.02. The Bertz CT molecular complexity index is 1030. The van der Waals surface area contributed by atoms with Crippen molar-refractivity contribution in [1.82, 2.24) is 14.1 Å². The van der Waals surface area contributed by atoms with E-state index in [2.05, 4.69) is 15.7 Å². The van der Waals surface area contributed by atoms with Crippen LogP contribution in [0, 0.1) is 13.8 Å². The van der Waals surface area contributed by atoms with Gasteiger partial charge in [-0.15, -0.1) is 0 Å². The number of halogens is 1. The Labute approximate surface area is 175 Å². The zero-order valence-electron chi connectivity index (χ0n) is 16.9. The van der Waals surface area contributed by atoms with Gasteiger partial charge in [0.2, 0.25) is 21.8 Å². The molecule has 158 valence electrons. The molecule has 0 saturated carbocycles. The van der Waals surface area contributed by atoms with Crippen molar-refractivity contribution in [3.05, 3.63) is 40.7 Å². The van der Waals surface area contributed by atoms with Gasteiger partial charge in [-0.3, -0.25) is 14.3 Å². The fourth-order valence-corrected chi connectivity index (χ4v) is 3.18. The topological polar surface area (TPSA) is 113 Å². The Balaban J connectivity index is 2.04. The number of nitrogens with one attached hydrogen (secondary N) is 2. The fraction of sp³-hybridized carbons (Fsp3) is 0.389. The van der Waals surface area contributed by atoms with Gasteiger partial charge in [-0.25, -0.2) is 8.42 Å². The van der Waals surface area contributed by atoms with Gasteiger partial charge in [0.1, 0.15) is 6.04 Å². The first kappa shape index (κ1) is 22.9. The van der Waals surface area contributed by atoms with Crippen LogP contribution in [0.1, 0.15) is 24.4 Å². The summed E-state index contributed by atoms with van der Waals surface area (Å²) in [6.45, 7) is 5.13. The molecule has 0 fully saturated rings. The van der Waals surface area contributed by atoms with Crippen LogP contribution in [0.5, 0.6) is 0 Å². The highest BCUT2D eigenvalue weighted by Gasteiger charge is 2.19. The quantitative estimate of drug-likeness (QED) is 0.683. The average molecular weight is 442 g/mol. The van der Waals surface area contributed by atoms with Crippen molar-refractivity contribution in [2.75, 3.05) is 30.5 Å². The number of anilines is 2. The van der Waals surface area contributed by atoms with Gasteiger partial charge in [0.05, 0.1) is 29.2 Å². The van der Waals surface area contributed by atoms with Crippen LogP contribution in [-0.4, -0.2) is 54.2 Å². The number of nitrogens with zero attached hydrogens (tertiary/aromatic N) is 3. The summed E-state index contributed by atoms with van der Waals surface area (Å²) in [5, 5.41) is 9.86. The van der Waals surface area contributed by atoms with Gasteiger partial charge in [-0.1, -0.05) is 11.6 Å². The molecular weight excluding hydrogens is 418 g/mol. The lowest BCUT2D eigenvalue weighted by molar-refractivity contribution is -0.119. The van der Waals surface area contributed by atoms with Crippen LogP contribution in [0.15, 0.2) is 24.3 Å². The van der Waals surface area contributed by atoms with Crippen molar-refractivity contribution in [2.24, 2.45) is 0 Å². The van der Waals surface area contributed by atoms with Gasteiger partial charge in [0.15, 0.2) is 0 Å². The Morgan fingerprint density at radius 3 is 2.41 bits per heavy atom. The molecule has 2 N–H and O–H groups in total. The minimum Gasteiger partial charge on any atom is -0.325 e. The standard InChI is InChI=1S/C18H24ClN5O4S/c1-11-8-12(2)24(22-11)13(3)18(26)21-16-7-6-14(9-15(16)19)20-17(25)10-23(4)29(5,27)28/h6-9,13H,10H2,1-5H3,(H,20,25)(H,21,26). The first-order valence-corrected chi connectivity index (χ1v) is 11.0. The van der Waals surface area contributed by atoms with E-state index in [-0.39, 0.29) is 17.5 Å². The van der Waals surface area contributed by atoms with Crippen molar-refractivity contribution in [3.63, 3.8) is 0 Å². The Morgan fingerprint density at radius 2 is 1.90 bits per heavy atom. The SMILES string of the molecule is Cc1cc(C)n(C(C)C(=O)Nc2ccc(NC(=O)CN(C)S(C)(=O)=O)cc2Cl)n1. The summed E-state index contributed by atoms with van der Waals surface area (Å²) in [7, 11) is -2.15. The third-order valence-corrected chi connectivity index (χ3v) is 5.81. The van der Waals surface area contributed by atoms with Gasteiger partial charge in [0.25, 0.3) is 0 Å². The molecule has 1 aromatic carbocycles. The summed E-state index contributed by atoms with van der Waals surface area (Å²) < 4.78 is 25.3. The van der Waals surface area contributed by atoms with Crippen LogP contribution in [0.3, 0.4) is 0 Å². The molecule has 1 atom stereocenters. The van der Waals surface area contributed by atoms with Crippen molar-refractivity contribution >= 4 is 44.8 Å². The van der Waals surface area contributed by atoms with E-state index in [1.54, 1.807) is 23.7 Å². The maximum atomic E-state index is 12.5. The molecule has 2 amide bonds. The molecule has 1 unspecified atom stereocenters. The number of aryl methyl sites for hydroxylation is 2. The number of benzene rings is 1. The highest BCUT2D eigenvalue weighted by Crippen LogP contribution is 2.26. The van der Waals surface area contributed by atoms with Crippen LogP contribution in [0.25, 0.3) is 0 Å². The summed E-state index contributed by atoms with van der Waals surface area (Å²) >= 11 is 6.23. The molecule has 0 bridgehead atoms. The molecule has 0 aliphatic carbocycles. The number of amides is 2. The first-order valence-electron chi connectivity index (χ1n) is 8.73. The zero-order valence-corrected chi connectivity index (χ0v) is 18.4. The number of sulfonamides is 1. The fourth-order valence-electron chi connectivity index (χ4n) is 2.60. The van der Waals surface area contributed by atoms with Crippen LogP contribution < -0.4 is 10.6 Å². The summed E-state index contributed by atoms with van der Waals surface area (Å²) in [4.78, 5) is 24.5. The largest absolute Gasteiger partial charge is 0.325 e. The predicted molar refractivity (Wildman–Crippen MR) is 113 cm³/mol. The van der Waals surface area contributed by atoms with E-state index in [1.165, 1.54) is 13.1 Å². The number of hydrogen-bond acceptors (Lipinski definition) is 5. The van der Waals surface area contributed by atoms with Crippen molar-refractivity contribution in [1.29, 1.82) is 0 Å². The Hall–Kier alpha value is -2.43. The highest BCUT2D eigenvalue weighted by molar-refractivity contribution is 7.88. The van der Waals surface area contributed by atoms with E-state index in [0.717, 1.165) is 21.9 Å². The van der Waals surface area contributed by atoms with E-state index in [4.69, 9.17) is 11.6 Å². The molecule has 9 nitrogen and oxygen atoms in total. The third kappa shape index (κ3) is 6.02. The molecule has 0 radical (unpaired) electrons. The molecule has 0 saturated heterocycles. The lowest BCUT2D eigenvalue weighted by Crippen LogP contribution is -2.34. The zero-order chi connectivity index (χ0) is 21.9. The van der Waals surface area contributed by atoms with E-state index in [9.17, 15) is 18.0 Å². The molecule has 2 rings (SSSR count). The molecule has 2 aromatic rings. The second-order valence-electron chi connectivity index (χ2n) is 6.80. The molecule has 1 heterocycles. The number of carbonyl (C=O) groups is 2. The number of hydrogen-bond donors (Lipinski definition) is 2. The lowest BCUT2D eigenvalue weighted by atomic mass is 10.2. The van der Waals surface area contributed by atoms with E-state index >= 15 is 0 Å². The van der Waals surface area contributed by atoms with E-state index < -0.39 is 22.0 Å².